The lowest BCUT2D eigenvalue weighted by Gasteiger charge is -2.10. The molecular weight excluding hydrogens is 200 g/mol. The Hall–Kier alpha value is -0.680. The van der Waals surface area contributed by atoms with E-state index in [1.165, 1.54) is 19.0 Å². The van der Waals surface area contributed by atoms with E-state index in [2.05, 4.69) is 10.3 Å². The molecule has 0 aromatic carbocycles. The van der Waals surface area contributed by atoms with Gasteiger partial charge >= 0.3 is 0 Å². The second-order valence-electron chi connectivity index (χ2n) is 3.72. The third-order valence-corrected chi connectivity index (χ3v) is 4.07. The molecule has 1 aliphatic carbocycles. The Morgan fingerprint density at radius 2 is 2.14 bits per heavy atom. The number of hydrogen-bond acceptors (Lipinski definition) is 4. The van der Waals surface area contributed by atoms with E-state index in [0.717, 1.165) is 18.2 Å². The summed E-state index contributed by atoms with van der Waals surface area (Å²) in [7, 11) is -3.17. The maximum atomic E-state index is 11.3. The van der Waals surface area contributed by atoms with Crippen LogP contribution < -0.4 is 5.32 Å². The fourth-order valence-corrected chi connectivity index (χ4v) is 2.72. The highest BCUT2D eigenvalue weighted by atomic mass is 32.2. The van der Waals surface area contributed by atoms with E-state index in [1.54, 1.807) is 0 Å². The maximum absolute atomic E-state index is 11.3. The Morgan fingerprint density at radius 3 is 2.71 bits per heavy atom. The molecule has 0 atom stereocenters. The van der Waals surface area contributed by atoms with Crippen LogP contribution in [0.2, 0.25) is 0 Å². The lowest BCUT2D eigenvalue weighted by molar-refractivity contribution is 0.563. The SMILES string of the molecule is O=S1(=O)C=CN=C1CNC1CCCC1. The first-order valence-electron chi connectivity index (χ1n) is 4.90. The van der Waals surface area contributed by atoms with Crippen molar-refractivity contribution in [1.82, 2.24) is 5.32 Å². The zero-order valence-electron chi connectivity index (χ0n) is 7.94. The number of aliphatic imine (C=N–C) groups is 1. The molecule has 5 heteroatoms. The standard InChI is InChI=1S/C9H14N2O2S/c12-14(13)6-5-10-9(14)7-11-8-3-1-2-4-8/h5-6,8,11H,1-4,7H2. The molecule has 0 saturated heterocycles. The lowest BCUT2D eigenvalue weighted by Crippen LogP contribution is -2.33. The van der Waals surface area contributed by atoms with Crippen molar-refractivity contribution in [2.24, 2.45) is 4.99 Å². The van der Waals surface area contributed by atoms with Crippen LogP contribution in [-0.2, 0) is 9.84 Å². The predicted octanol–water partition coefficient (Wildman–Crippen LogP) is 0.817. The van der Waals surface area contributed by atoms with E-state index in [9.17, 15) is 8.42 Å². The summed E-state index contributed by atoms with van der Waals surface area (Å²) in [6.07, 6.45) is 6.15. The van der Waals surface area contributed by atoms with Crippen LogP contribution in [0.3, 0.4) is 0 Å². The minimum Gasteiger partial charge on any atom is -0.308 e. The van der Waals surface area contributed by atoms with Gasteiger partial charge < -0.3 is 5.32 Å². The highest BCUT2D eigenvalue weighted by Gasteiger charge is 2.22. The fourth-order valence-electron chi connectivity index (χ4n) is 1.85. The summed E-state index contributed by atoms with van der Waals surface area (Å²) in [6, 6.07) is 0.480. The Balaban J connectivity index is 1.87. The second-order valence-corrected chi connectivity index (χ2v) is 5.55. The topological polar surface area (TPSA) is 58.5 Å². The van der Waals surface area contributed by atoms with Crippen molar-refractivity contribution in [1.29, 1.82) is 0 Å². The highest BCUT2D eigenvalue weighted by Crippen LogP contribution is 2.17. The molecule has 2 aliphatic rings. The summed E-state index contributed by atoms with van der Waals surface area (Å²) in [4.78, 5) is 3.84. The zero-order chi connectivity index (χ0) is 10.0. The van der Waals surface area contributed by atoms with Crippen molar-refractivity contribution in [2.75, 3.05) is 6.54 Å². The van der Waals surface area contributed by atoms with Crippen LogP contribution in [-0.4, -0.2) is 26.0 Å². The summed E-state index contributed by atoms with van der Waals surface area (Å²) in [6.45, 7) is 0.375. The van der Waals surface area contributed by atoms with Gasteiger partial charge in [0.25, 0.3) is 0 Å². The normalized spacial score (nSPS) is 25.6. The average molecular weight is 214 g/mol. The molecule has 14 heavy (non-hydrogen) atoms. The molecular formula is C9H14N2O2S. The molecule has 0 radical (unpaired) electrons. The predicted molar refractivity (Wildman–Crippen MR) is 55.8 cm³/mol. The zero-order valence-corrected chi connectivity index (χ0v) is 8.76. The molecule has 0 aromatic rings. The summed E-state index contributed by atoms with van der Waals surface area (Å²) in [5, 5.41) is 4.63. The smallest absolute Gasteiger partial charge is 0.215 e. The monoisotopic (exact) mass is 214 g/mol. The van der Waals surface area contributed by atoms with Gasteiger partial charge in [0.2, 0.25) is 9.84 Å². The Kier molecular flexibility index (Phi) is 2.69. The Labute approximate surface area is 84.0 Å². The van der Waals surface area contributed by atoms with Crippen LogP contribution >= 0.6 is 0 Å². The highest BCUT2D eigenvalue weighted by molar-refractivity contribution is 8.09. The van der Waals surface area contributed by atoms with Gasteiger partial charge in [-0.15, -0.1) is 0 Å². The van der Waals surface area contributed by atoms with Crippen LogP contribution in [0.25, 0.3) is 0 Å². The second kappa shape index (κ2) is 3.82. The Morgan fingerprint density at radius 1 is 1.43 bits per heavy atom. The molecule has 1 fully saturated rings. The van der Waals surface area contributed by atoms with Gasteiger partial charge in [-0.3, -0.25) is 0 Å². The molecule has 1 heterocycles. The number of hydrogen-bond donors (Lipinski definition) is 1. The largest absolute Gasteiger partial charge is 0.308 e. The molecule has 1 aliphatic heterocycles. The van der Waals surface area contributed by atoms with Gasteiger partial charge in [0.15, 0.2) is 0 Å². The van der Waals surface area contributed by atoms with E-state index in [1.807, 2.05) is 0 Å². The quantitative estimate of drug-likeness (QED) is 0.756. The molecule has 0 aromatic heterocycles. The molecule has 78 valence electrons. The minimum atomic E-state index is -3.17. The van der Waals surface area contributed by atoms with Gasteiger partial charge in [0.1, 0.15) is 5.04 Å². The first-order chi connectivity index (χ1) is 6.68. The van der Waals surface area contributed by atoms with Crippen LogP contribution in [0.15, 0.2) is 16.6 Å². The lowest BCUT2D eigenvalue weighted by atomic mass is 10.2. The first kappa shape index (κ1) is 9.86. The number of nitrogens with zero attached hydrogens (tertiary/aromatic N) is 1. The van der Waals surface area contributed by atoms with Crippen molar-refractivity contribution < 1.29 is 8.42 Å². The minimum absolute atomic E-state index is 0.254. The summed E-state index contributed by atoms with van der Waals surface area (Å²) in [5.74, 6) is 0. The van der Waals surface area contributed by atoms with Crippen LogP contribution in [0.1, 0.15) is 25.7 Å². The van der Waals surface area contributed by atoms with Gasteiger partial charge in [0.05, 0.1) is 5.41 Å². The van der Waals surface area contributed by atoms with Crippen LogP contribution in [0.4, 0.5) is 0 Å². The van der Waals surface area contributed by atoms with E-state index < -0.39 is 9.84 Å². The summed E-state index contributed by atoms with van der Waals surface area (Å²) >= 11 is 0. The van der Waals surface area contributed by atoms with Gasteiger partial charge in [-0.25, -0.2) is 13.4 Å². The molecule has 0 bridgehead atoms. The van der Waals surface area contributed by atoms with Crippen LogP contribution in [0, 0.1) is 0 Å². The summed E-state index contributed by atoms with van der Waals surface area (Å²) in [5.41, 5.74) is 0. The van der Waals surface area contributed by atoms with Crippen molar-refractivity contribution >= 4 is 14.9 Å². The maximum Gasteiger partial charge on any atom is 0.215 e. The average Bonchev–Trinajstić information content (AvgIpc) is 2.71. The van der Waals surface area contributed by atoms with Crippen LogP contribution in [0.5, 0.6) is 0 Å². The van der Waals surface area contributed by atoms with E-state index in [4.69, 9.17) is 0 Å². The number of nitrogens with one attached hydrogen (secondary N) is 1. The Bertz CT molecular complexity index is 364. The van der Waals surface area contributed by atoms with Crippen molar-refractivity contribution in [3.05, 3.63) is 11.6 Å². The van der Waals surface area contributed by atoms with Gasteiger partial charge in [0, 0.05) is 18.8 Å². The first-order valence-corrected chi connectivity index (χ1v) is 6.45. The van der Waals surface area contributed by atoms with Crippen molar-refractivity contribution in [3.63, 3.8) is 0 Å². The van der Waals surface area contributed by atoms with E-state index in [0.29, 0.717) is 12.6 Å². The molecule has 0 unspecified atom stereocenters. The molecule has 2 rings (SSSR count). The van der Waals surface area contributed by atoms with Gasteiger partial charge in [-0.2, -0.15) is 0 Å². The molecule has 0 spiro atoms. The van der Waals surface area contributed by atoms with Crippen molar-refractivity contribution in [2.45, 2.75) is 31.7 Å². The van der Waals surface area contributed by atoms with E-state index >= 15 is 0 Å². The van der Waals surface area contributed by atoms with Crippen molar-refractivity contribution in [3.8, 4) is 0 Å². The summed E-state index contributed by atoms with van der Waals surface area (Å²) < 4.78 is 22.6. The van der Waals surface area contributed by atoms with Gasteiger partial charge in [-0.05, 0) is 12.8 Å². The third kappa shape index (κ3) is 2.04. The molecule has 4 nitrogen and oxygen atoms in total. The van der Waals surface area contributed by atoms with Gasteiger partial charge in [-0.1, -0.05) is 12.8 Å². The molecule has 1 saturated carbocycles. The third-order valence-electron chi connectivity index (χ3n) is 2.68. The number of rotatable bonds is 3. The molecule has 1 N–H and O–H groups in total. The molecule has 0 amide bonds. The van der Waals surface area contributed by atoms with E-state index in [-0.39, 0.29) is 5.04 Å². The number of sulfone groups is 1. The fraction of sp³-hybridized carbons (Fsp3) is 0.667.